The first-order chi connectivity index (χ1) is 9.26. The number of hydrogen-bond acceptors (Lipinski definition) is 2. The maximum Gasteiger partial charge on any atom is 0.126 e. The summed E-state index contributed by atoms with van der Waals surface area (Å²) in [5.74, 6) is -0.144. The molecule has 0 radical (unpaired) electrons. The molecule has 0 amide bonds. The molecule has 2 rings (SSSR count). The van der Waals surface area contributed by atoms with E-state index in [0.717, 1.165) is 12.0 Å². The highest BCUT2D eigenvalue weighted by atomic mass is 19.1. The molecule has 1 unspecified atom stereocenters. The molecule has 0 fully saturated rings. The van der Waals surface area contributed by atoms with Crippen LogP contribution >= 0.6 is 0 Å². The number of rotatable bonds is 5. The van der Waals surface area contributed by atoms with Crippen molar-refractivity contribution in [3.05, 3.63) is 65.2 Å². The van der Waals surface area contributed by atoms with Gasteiger partial charge in [0.25, 0.3) is 0 Å². The van der Waals surface area contributed by atoms with Crippen molar-refractivity contribution in [1.29, 1.82) is 0 Å². The van der Waals surface area contributed by atoms with Gasteiger partial charge in [0.05, 0.1) is 0 Å². The lowest BCUT2D eigenvalue weighted by Crippen LogP contribution is -2.21. The minimum absolute atomic E-state index is 0.106. The smallest absolute Gasteiger partial charge is 0.126 e. The summed E-state index contributed by atoms with van der Waals surface area (Å²) in [5.41, 5.74) is 3.14. The second-order valence-corrected chi connectivity index (χ2v) is 4.56. The average Bonchev–Trinajstić information content (AvgIpc) is 2.46. The maximum atomic E-state index is 13.7. The SMILES string of the molecule is CCc1cnccc1C(Cc1ccccc1F)NC. The van der Waals surface area contributed by atoms with E-state index in [9.17, 15) is 4.39 Å². The van der Waals surface area contributed by atoms with E-state index in [1.54, 1.807) is 12.3 Å². The Morgan fingerprint density at radius 1 is 1.21 bits per heavy atom. The fourth-order valence-corrected chi connectivity index (χ4v) is 2.32. The summed E-state index contributed by atoms with van der Waals surface area (Å²) >= 11 is 0. The molecule has 3 heteroatoms. The summed E-state index contributed by atoms with van der Waals surface area (Å²) in [6.07, 6.45) is 5.25. The Morgan fingerprint density at radius 2 is 2.00 bits per heavy atom. The van der Waals surface area contributed by atoms with Gasteiger partial charge < -0.3 is 5.32 Å². The third-order valence-electron chi connectivity index (χ3n) is 3.43. The summed E-state index contributed by atoms with van der Waals surface area (Å²) in [7, 11) is 1.91. The molecule has 19 heavy (non-hydrogen) atoms. The van der Waals surface area contributed by atoms with Crippen LogP contribution in [0.25, 0.3) is 0 Å². The Hall–Kier alpha value is -1.74. The van der Waals surface area contributed by atoms with E-state index in [2.05, 4.69) is 17.2 Å². The molecule has 1 atom stereocenters. The molecule has 1 aromatic heterocycles. The first kappa shape index (κ1) is 13.7. The van der Waals surface area contributed by atoms with Gasteiger partial charge in [-0.25, -0.2) is 4.39 Å². The standard InChI is InChI=1S/C16H19FN2/c1-3-12-11-19-9-8-14(12)16(18-2)10-13-6-4-5-7-15(13)17/h4-9,11,16,18H,3,10H2,1-2H3. The van der Waals surface area contributed by atoms with Crippen molar-refractivity contribution >= 4 is 0 Å². The van der Waals surface area contributed by atoms with Gasteiger partial charge in [0, 0.05) is 18.4 Å². The number of nitrogens with one attached hydrogen (secondary N) is 1. The molecule has 0 bridgehead atoms. The van der Waals surface area contributed by atoms with E-state index in [1.165, 1.54) is 17.2 Å². The molecule has 0 saturated carbocycles. The molecular formula is C16H19FN2. The predicted octanol–water partition coefficient (Wildman–Crippen LogP) is 3.29. The van der Waals surface area contributed by atoms with Crippen molar-refractivity contribution in [2.75, 3.05) is 7.05 Å². The first-order valence-electron chi connectivity index (χ1n) is 6.59. The lowest BCUT2D eigenvalue weighted by Gasteiger charge is -2.19. The highest BCUT2D eigenvalue weighted by Gasteiger charge is 2.15. The Bertz CT molecular complexity index is 540. The molecule has 0 aliphatic heterocycles. The Balaban J connectivity index is 2.28. The number of benzene rings is 1. The molecule has 1 heterocycles. The second-order valence-electron chi connectivity index (χ2n) is 4.56. The van der Waals surface area contributed by atoms with Crippen LogP contribution in [0.2, 0.25) is 0 Å². The van der Waals surface area contributed by atoms with E-state index in [0.29, 0.717) is 6.42 Å². The number of aryl methyl sites for hydroxylation is 1. The third-order valence-corrected chi connectivity index (χ3v) is 3.43. The zero-order valence-electron chi connectivity index (χ0n) is 11.4. The lowest BCUT2D eigenvalue weighted by molar-refractivity contribution is 0.551. The Kier molecular flexibility index (Phi) is 4.63. The molecule has 2 nitrogen and oxygen atoms in total. The zero-order chi connectivity index (χ0) is 13.7. The Labute approximate surface area is 113 Å². The monoisotopic (exact) mass is 258 g/mol. The molecule has 0 aliphatic carbocycles. The summed E-state index contributed by atoms with van der Waals surface area (Å²) < 4.78 is 13.7. The fourth-order valence-electron chi connectivity index (χ4n) is 2.32. The van der Waals surface area contributed by atoms with Gasteiger partial charge in [0.15, 0.2) is 0 Å². The minimum Gasteiger partial charge on any atom is -0.313 e. The average molecular weight is 258 g/mol. The summed E-state index contributed by atoms with van der Waals surface area (Å²) in [4.78, 5) is 4.16. The lowest BCUT2D eigenvalue weighted by atomic mass is 9.95. The van der Waals surface area contributed by atoms with Gasteiger partial charge >= 0.3 is 0 Å². The molecule has 1 N–H and O–H groups in total. The highest BCUT2D eigenvalue weighted by Crippen LogP contribution is 2.22. The van der Waals surface area contributed by atoms with E-state index < -0.39 is 0 Å². The van der Waals surface area contributed by atoms with Gasteiger partial charge in [0.1, 0.15) is 5.82 Å². The van der Waals surface area contributed by atoms with Crippen LogP contribution in [-0.4, -0.2) is 12.0 Å². The van der Waals surface area contributed by atoms with Gasteiger partial charge in [-0.1, -0.05) is 25.1 Å². The van der Waals surface area contributed by atoms with Crippen LogP contribution in [0.3, 0.4) is 0 Å². The highest BCUT2D eigenvalue weighted by molar-refractivity contribution is 5.29. The third kappa shape index (κ3) is 3.18. The van der Waals surface area contributed by atoms with Gasteiger partial charge in [-0.3, -0.25) is 4.98 Å². The van der Waals surface area contributed by atoms with Crippen LogP contribution < -0.4 is 5.32 Å². The van der Waals surface area contributed by atoms with Crippen LogP contribution in [-0.2, 0) is 12.8 Å². The Morgan fingerprint density at radius 3 is 2.68 bits per heavy atom. The number of likely N-dealkylation sites (N-methyl/N-ethyl adjacent to an activating group) is 1. The van der Waals surface area contributed by atoms with Gasteiger partial charge in [-0.05, 0) is 48.7 Å². The van der Waals surface area contributed by atoms with Crippen molar-refractivity contribution < 1.29 is 4.39 Å². The van der Waals surface area contributed by atoms with E-state index in [4.69, 9.17) is 0 Å². The number of hydrogen-bond donors (Lipinski definition) is 1. The van der Waals surface area contributed by atoms with Crippen molar-refractivity contribution in [1.82, 2.24) is 10.3 Å². The van der Waals surface area contributed by atoms with Crippen LogP contribution in [0.5, 0.6) is 0 Å². The van der Waals surface area contributed by atoms with Crippen LogP contribution in [0.15, 0.2) is 42.7 Å². The first-order valence-corrected chi connectivity index (χ1v) is 6.59. The molecule has 0 spiro atoms. The van der Waals surface area contributed by atoms with Crippen LogP contribution in [0.4, 0.5) is 4.39 Å². The van der Waals surface area contributed by atoms with E-state index in [1.807, 2.05) is 31.4 Å². The van der Waals surface area contributed by atoms with Gasteiger partial charge in [-0.2, -0.15) is 0 Å². The molecule has 100 valence electrons. The minimum atomic E-state index is -0.144. The van der Waals surface area contributed by atoms with Crippen LogP contribution in [0, 0.1) is 5.82 Å². The number of pyridine rings is 1. The van der Waals surface area contributed by atoms with Gasteiger partial charge in [-0.15, -0.1) is 0 Å². The molecular weight excluding hydrogens is 239 g/mol. The van der Waals surface area contributed by atoms with E-state index >= 15 is 0 Å². The molecule has 0 aliphatic rings. The molecule has 0 saturated heterocycles. The second kappa shape index (κ2) is 6.43. The van der Waals surface area contributed by atoms with Crippen LogP contribution in [0.1, 0.15) is 29.7 Å². The quantitative estimate of drug-likeness (QED) is 0.890. The number of halogens is 1. The summed E-state index contributed by atoms with van der Waals surface area (Å²) in [5, 5.41) is 3.27. The summed E-state index contributed by atoms with van der Waals surface area (Å²) in [6.45, 7) is 2.11. The van der Waals surface area contributed by atoms with Gasteiger partial charge in [0.2, 0.25) is 0 Å². The number of aromatic nitrogens is 1. The largest absolute Gasteiger partial charge is 0.313 e. The summed E-state index contributed by atoms with van der Waals surface area (Å²) in [6, 6.07) is 9.06. The predicted molar refractivity (Wildman–Crippen MR) is 75.5 cm³/mol. The normalized spacial score (nSPS) is 12.4. The van der Waals surface area contributed by atoms with Crippen molar-refractivity contribution in [2.24, 2.45) is 0 Å². The molecule has 2 aromatic rings. The van der Waals surface area contributed by atoms with Crippen molar-refractivity contribution in [2.45, 2.75) is 25.8 Å². The zero-order valence-corrected chi connectivity index (χ0v) is 11.4. The van der Waals surface area contributed by atoms with E-state index in [-0.39, 0.29) is 11.9 Å². The van der Waals surface area contributed by atoms with Crippen molar-refractivity contribution in [3.8, 4) is 0 Å². The fraction of sp³-hybridized carbons (Fsp3) is 0.312. The molecule has 1 aromatic carbocycles. The number of nitrogens with zero attached hydrogens (tertiary/aromatic N) is 1. The maximum absolute atomic E-state index is 13.7. The topological polar surface area (TPSA) is 24.9 Å². The van der Waals surface area contributed by atoms with Crippen molar-refractivity contribution in [3.63, 3.8) is 0 Å².